The second-order valence-electron chi connectivity index (χ2n) is 20.0. The molecule has 342 valence electrons. The van der Waals surface area contributed by atoms with Crippen LogP contribution in [0.25, 0.3) is 98.4 Å². The molecule has 0 fully saturated rings. The van der Waals surface area contributed by atoms with Crippen LogP contribution in [0.15, 0.2) is 245 Å². The highest BCUT2D eigenvalue weighted by atomic mass is 16.3. The van der Waals surface area contributed by atoms with E-state index in [-0.39, 0.29) is 5.41 Å². The van der Waals surface area contributed by atoms with Crippen LogP contribution >= 0.6 is 0 Å². The van der Waals surface area contributed by atoms with Crippen LogP contribution in [0.5, 0.6) is 0 Å². The molecule has 0 aliphatic rings. The minimum Gasteiger partial charge on any atom is -0.453 e. The van der Waals surface area contributed by atoms with E-state index in [2.05, 4.69) is 267 Å². The summed E-state index contributed by atoms with van der Waals surface area (Å²) in [4.78, 5) is 4.70. The van der Waals surface area contributed by atoms with Crippen molar-refractivity contribution in [2.24, 2.45) is 0 Å². The van der Waals surface area contributed by atoms with Gasteiger partial charge in [0.15, 0.2) is 11.2 Å². The van der Waals surface area contributed by atoms with E-state index >= 15 is 0 Å². The SMILES string of the molecule is CC(C)(C)c1ccc2c3ccc(N(c4ccccc4)c4ccc5ccccc5c4)c4oc5c(-c6ccccc6)ccc(c6ccc(N(c7ccccc7)c7ccc(-c8ccccc8)cc7)c7oc1c2c76)c5c43. The van der Waals surface area contributed by atoms with Crippen LogP contribution in [0, 0.1) is 0 Å². The van der Waals surface area contributed by atoms with E-state index < -0.39 is 0 Å². The molecule has 12 aromatic carbocycles. The average Bonchev–Trinajstić information content (AvgIpc) is 4.03. The first-order chi connectivity index (χ1) is 35.4. The third-order valence-corrected chi connectivity index (χ3v) is 14.7. The lowest BCUT2D eigenvalue weighted by Crippen LogP contribution is -2.11. The maximum Gasteiger partial charge on any atom is 0.160 e. The fraction of sp³-hybridized carbons (Fsp3) is 0.0588. The van der Waals surface area contributed by atoms with Gasteiger partial charge >= 0.3 is 0 Å². The van der Waals surface area contributed by atoms with Gasteiger partial charge in [0, 0.05) is 55.4 Å². The van der Waals surface area contributed by atoms with Crippen molar-refractivity contribution in [1.82, 2.24) is 0 Å². The zero-order valence-corrected chi connectivity index (χ0v) is 40.2. The van der Waals surface area contributed by atoms with Gasteiger partial charge in [-0.1, -0.05) is 191 Å². The summed E-state index contributed by atoms with van der Waals surface area (Å²) >= 11 is 0. The molecule has 0 radical (unpaired) electrons. The van der Waals surface area contributed by atoms with Gasteiger partial charge in [0.2, 0.25) is 0 Å². The first kappa shape index (κ1) is 41.8. The maximum absolute atomic E-state index is 7.58. The van der Waals surface area contributed by atoms with Gasteiger partial charge in [-0.15, -0.1) is 0 Å². The van der Waals surface area contributed by atoms with E-state index in [0.29, 0.717) is 0 Å². The molecule has 0 saturated carbocycles. The van der Waals surface area contributed by atoms with Crippen LogP contribution in [0.3, 0.4) is 0 Å². The Morgan fingerprint density at radius 1 is 0.306 bits per heavy atom. The van der Waals surface area contributed by atoms with Crippen molar-refractivity contribution in [3.05, 3.63) is 242 Å². The third kappa shape index (κ3) is 6.53. The molecule has 0 saturated heterocycles. The molecular weight excluding hydrogens is 877 g/mol. The van der Waals surface area contributed by atoms with Crippen LogP contribution in [-0.2, 0) is 5.41 Å². The van der Waals surface area contributed by atoms with E-state index in [4.69, 9.17) is 8.83 Å². The summed E-state index contributed by atoms with van der Waals surface area (Å²) in [6.07, 6.45) is 0. The molecule has 14 aromatic rings. The predicted molar refractivity (Wildman–Crippen MR) is 304 cm³/mol. The second-order valence-corrected chi connectivity index (χ2v) is 20.0. The normalized spacial score (nSPS) is 12.1. The van der Waals surface area contributed by atoms with Crippen LogP contribution in [0.4, 0.5) is 34.1 Å². The Balaban J connectivity index is 1.12. The second kappa shape index (κ2) is 16.2. The van der Waals surface area contributed by atoms with Crippen molar-refractivity contribution in [2.45, 2.75) is 26.2 Å². The minimum atomic E-state index is -0.220. The summed E-state index contributed by atoms with van der Waals surface area (Å²) in [6.45, 7) is 6.85. The molecule has 2 aromatic heterocycles. The number of nitrogens with zero attached hydrogens (tertiary/aromatic N) is 2. The van der Waals surface area contributed by atoms with Gasteiger partial charge in [0.25, 0.3) is 0 Å². The predicted octanol–water partition coefficient (Wildman–Crippen LogP) is 20.0. The molecule has 0 aliphatic carbocycles. The Morgan fingerprint density at radius 3 is 1.31 bits per heavy atom. The lowest BCUT2D eigenvalue weighted by Gasteiger charge is -2.26. The molecule has 0 bridgehead atoms. The fourth-order valence-corrected chi connectivity index (χ4v) is 11.4. The molecule has 0 spiro atoms. The van der Waals surface area contributed by atoms with Crippen LogP contribution in [-0.4, -0.2) is 0 Å². The lowest BCUT2D eigenvalue weighted by molar-refractivity contribution is 0.573. The summed E-state index contributed by atoms with van der Waals surface area (Å²) < 4.78 is 15.2. The fourth-order valence-electron chi connectivity index (χ4n) is 11.4. The topological polar surface area (TPSA) is 32.8 Å². The Labute approximate surface area is 417 Å². The molecule has 4 heteroatoms. The van der Waals surface area contributed by atoms with Gasteiger partial charge in [-0.05, 0) is 121 Å². The number of hydrogen-bond donors (Lipinski definition) is 0. The van der Waals surface area contributed by atoms with E-state index in [1.54, 1.807) is 0 Å². The summed E-state index contributed by atoms with van der Waals surface area (Å²) in [5.41, 5.74) is 14.9. The molecule has 72 heavy (non-hydrogen) atoms. The molecule has 0 unspecified atom stereocenters. The van der Waals surface area contributed by atoms with Gasteiger partial charge < -0.3 is 18.6 Å². The largest absolute Gasteiger partial charge is 0.453 e. The van der Waals surface area contributed by atoms with E-state index in [0.717, 1.165) is 116 Å². The Kier molecular flexibility index (Phi) is 9.43. The third-order valence-electron chi connectivity index (χ3n) is 14.7. The summed E-state index contributed by atoms with van der Waals surface area (Å²) in [5, 5.41) is 11.1. The molecule has 0 aliphatic heterocycles. The standard InChI is InChI=1S/C68H48N2O2/c1-68(2,3)57-39-36-54-56-38-41-59(70(49-26-14-7-15-27-49)51-33-30-44-20-16-17-23-47(44)42-51)66-62(56)60-53(35-34-52(64(60)71-66)46-21-10-5-11-22-46)55-37-40-58(67-63(55)61(54)65(57)72-67)69(48-24-12-6-13-25-48)50-31-28-45(29-32-50)43-18-8-4-9-19-43/h4-42H,1-3H3. The summed E-state index contributed by atoms with van der Waals surface area (Å²) in [5.74, 6) is 0. The molecular formula is C68H48N2O2. The highest BCUT2D eigenvalue weighted by Crippen LogP contribution is 2.54. The Hall–Kier alpha value is -9.12. The Bertz CT molecular complexity index is 4340. The van der Waals surface area contributed by atoms with Crippen molar-refractivity contribution < 1.29 is 8.83 Å². The quantitative estimate of drug-likeness (QED) is 0.152. The Morgan fingerprint density at radius 2 is 0.722 bits per heavy atom. The summed E-state index contributed by atoms with van der Waals surface area (Å²) in [7, 11) is 0. The number of fused-ring (bicyclic) bond motifs is 3. The molecule has 14 rings (SSSR count). The monoisotopic (exact) mass is 924 g/mol. The molecule has 0 atom stereocenters. The van der Waals surface area contributed by atoms with E-state index in [9.17, 15) is 0 Å². The minimum absolute atomic E-state index is 0.220. The average molecular weight is 925 g/mol. The highest BCUT2D eigenvalue weighted by Gasteiger charge is 2.30. The van der Waals surface area contributed by atoms with Crippen molar-refractivity contribution in [3.8, 4) is 22.3 Å². The lowest BCUT2D eigenvalue weighted by atomic mass is 9.84. The molecule has 4 nitrogen and oxygen atoms in total. The van der Waals surface area contributed by atoms with Gasteiger partial charge in [-0.2, -0.15) is 0 Å². The van der Waals surface area contributed by atoms with Gasteiger partial charge in [-0.25, -0.2) is 0 Å². The van der Waals surface area contributed by atoms with Gasteiger partial charge in [0.05, 0.1) is 11.4 Å². The first-order valence-corrected chi connectivity index (χ1v) is 24.8. The van der Waals surface area contributed by atoms with Crippen molar-refractivity contribution >= 4 is 110 Å². The van der Waals surface area contributed by atoms with Crippen molar-refractivity contribution in [1.29, 1.82) is 0 Å². The van der Waals surface area contributed by atoms with Crippen LogP contribution < -0.4 is 9.80 Å². The first-order valence-electron chi connectivity index (χ1n) is 24.8. The van der Waals surface area contributed by atoms with Crippen molar-refractivity contribution in [3.63, 3.8) is 0 Å². The maximum atomic E-state index is 7.58. The van der Waals surface area contributed by atoms with Crippen LogP contribution in [0.1, 0.15) is 26.3 Å². The van der Waals surface area contributed by atoms with Gasteiger partial charge in [0.1, 0.15) is 11.2 Å². The number of furan rings is 2. The van der Waals surface area contributed by atoms with Gasteiger partial charge in [-0.3, -0.25) is 0 Å². The zero-order chi connectivity index (χ0) is 48.1. The highest BCUT2D eigenvalue weighted by molar-refractivity contribution is 6.39. The van der Waals surface area contributed by atoms with Crippen LogP contribution in [0.2, 0.25) is 0 Å². The van der Waals surface area contributed by atoms with Crippen molar-refractivity contribution in [2.75, 3.05) is 9.80 Å². The molecule has 0 N–H and O–H groups in total. The number of para-hydroxylation sites is 2. The van der Waals surface area contributed by atoms with E-state index in [1.165, 1.54) is 21.9 Å². The molecule has 2 heterocycles. The summed E-state index contributed by atoms with van der Waals surface area (Å²) in [6, 6.07) is 85.1. The van der Waals surface area contributed by atoms with E-state index in [1.807, 2.05) is 0 Å². The zero-order valence-electron chi connectivity index (χ0n) is 40.2. The number of rotatable bonds is 8. The number of hydrogen-bond acceptors (Lipinski definition) is 4. The number of benzene rings is 11. The molecule has 0 amide bonds. The number of anilines is 6. The smallest absolute Gasteiger partial charge is 0.160 e.